The largest absolute Gasteiger partial charge is 0.463 e. The predicted octanol–water partition coefficient (Wildman–Crippen LogP) is 3.78. The molecule has 0 aliphatic carbocycles. The number of anilines is 1. The van der Waals surface area contributed by atoms with Crippen LogP contribution in [0.15, 0.2) is 82.5 Å². The van der Waals surface area contributed by atoms with Crippen LogP contribution >= 0.6 is 0 Å². The number of furan rings is 1. The van der Waals surface area contributed by atoms with Crippen LogP contribution in [0.25, 0.3) is 34.9 Å². The van der Waals surface area contributed by atoms with E-state index in [1.54, 1.807) is 37.0 Å². The van der Waals surface area contributed by atoms with E-state index in [4.69, 9.17) is 10.2 Å². The molecule has 3 heterocycles. The molecule has 6 heteroatoms. The number of nitrogens with zero attached hydrogens (tertiary/aromatic N) is 3. The molecule has 0 bridgehead atoms. The van der Waals surface area contributed by atoms with Crippen molar-refractivity contribution in [3.05, 3.63) is 89.2 Å². The van der Waals surface area contributed by atoms with E-state index in [0.717, 1.165) is 5.56 Å². The number of hydrogen-bond acceptors (Lipinski definition) is 5. The normalized spacial score (nSPS) is 11.1. The quantitative estimate of drug-likeness (QED) is 0.601. The molecule has 132 valence electrons. The molecule has 4 rings (SSSR count). The molecule has 0 radical (unpaired) electrons. The second kappa shape index (κ2) is 7.13. The smallest absolute Gasteiger partial charge is 0.255 e. The summed E-state index contributed by atoms with van der Waals surface area (Å²) >= 11 is 0. The average Bonchev–Trinajstić information content (AvgIpc) is 3.22. The monoisotopic (exact) mass is 356 g/mol. The fourth-order valence-corrected chi connectivity index (χ4v) is 2.72. The van der Waals surface area contributed by atoms with Gasteiger partial charge in [0.15, 0.2) is 5.76 Å². The number of aromatic nitrogens is 3. The van der Waals surface area contributed by atoms with Gasteiger partial charge in [-0.15, -0.1) is 0 Å². The van der Waals surface area contributed by atoms with Gasteiger partial charge in [-0.1, -0.05) is 30.3 Å². The topological polar surface area (TPSA) is 86.9 Å². The molecule has 27 heavy (non-hydrogen) atoms. The van der Waals surface area contributed by atoms with Crippen LogP contribution < -0.4 is 11.3 Å². The summed E-state index contributed by atoms with van der Waals surface area (Å²) < 4.78 is 6.95. The molecular formula is C21H16N4O2. The Labute approximate surface area is 155 Å². The lowest BCUT2D eigenvalue weighted by Gasteiger charge is -2.08. The standard InChI is InChI=1S/C21H16N4O2/c22-21-23-14-17(20(24-21)18-7-4-12-27-18)16-9-11-25(19(26)13-16)10-8-15-5-2-1-3-6-15/h1-14H,(H2,22,23,24). The minimum Gasteiger partial charge on any atom is -0.463 e. The molecular weight excluding hydrogens is 340 g/mol. The maximum Gasteiger partial charge on any atom is 0.255 e. The summed E-state index contributed by atoms with van der Waals surface area (Å²) in [6, 6.07) is 16.7. The molecule has 0 saturated heterocycles. The Morgan fingerprint density at radius 3 is 2.67 bits per heavy atom. The summed E-state index contributed by atoms with van der Waals surface area (Å²) in [4.78, 5) is 20.8. The van der Waals surface area contributed by atoms with Gasteiger partial charge in [0, 0.05) is 30.2 Å². The third-order valence-electron chi connectivity index (χ3n) is 4.05. The minimum absolute atomic E-state index is 0.143. The highest BCUT2D eigenvalue weighted by Gasteiger charge is 2.13. The fraction of sp³-hybridized carbons (Fsp3) is 0. The number of benzene rings is 1. The Morgan fingerprint density at radius 2 is 1.93 bits per heavy atom. The van der Waals surface area contributed by atoms with Crippen LogP contribution in [0.1, 0.15) is 5.56 Å². The first-order chi connectivity index (χ1) is 13.2. The lowest BCUT2D eigenvalue weighted by atomic mass is 10.1. The lowest BCUT2D eigenvalue weighted by Crippen LogP contribution is -2.13. The van der Waals surface area contributed by atoms with Crippen molar-refractivity contribution in [2.75, 3.05) is 5.73 Å². The van der Waals surface area contributed by atoms with Crippen LogP contribution in [-0.2, 0) is 0 Å². The Bertz CT molecular complexity index is 1150. The zero-order valence-corrected chi connectivity index (χ0v) is 14.3. The number of hydrogen-bond donors (Lipinski definition) is 1. The molecule has 6 nitrogen and oxygen atoms in total. The molecule has 0 saturated carbocycles. The molecule has 2 N–H and O–H groups in total. The van der Waals surface area contributed by atoms with Gasteiger partial charge in [-0.25, -0.2) is 9.97 Å². The lowest BCUT2D eigenvalue weighted by molar-refractivity contribution is 0.580. The van der Waals surface area contributed by atoms with E-state index >= 15 is 0 Å². The molecule has 1 aromatic carbocycles. The molecule has 0 aliphatic heterocycles. The third kappa shape index (κ3) is 3.55. The van der Waals surface area contributed by atoms with E-state index in [-0.39, 0.29) is 11.5 Å². The minimum atomic E-state index is -0.165. The molecule has 0 aliphatic rings. The Hall–Kier alpha value is -3.93. The van der Waals surface area contributed by atoms with Crippen LogP contribution in [0.2, 0.25) is 0 Å². The summed E-state index contributed by atoms with van der Waals surface area (Å²) in [5, 5.41) is 0. The fourth-order valence-electron chi connectivity index (χ4n) is 2.72. The van der Waals surface area contributed by atoms with Gasteiger partial charge in [0.05, 0.1) is 6.26 Å². The highest BCUT2D eigenvalue weighted by Crippen LogP contribution is 2.29. The van der Waals surface area contributed by atoms with Gasteiger partial charge in [-0.3, -0.25) is 9.36 Å². The Balaban J connectivity index is 1.72. The summed E-state index contributed by atoms with van der Waals surface area (Å²) in [6.45, 7) is 0. The zero-order valence-electron chi connectivity index (χ0n) is 14.3. The molecule has 0 fully saturated rings. The summed E-state index contributed by atoms with van der Waals surface area (Å²) in [6.07, 6.45) is 8.47. The van der Waals surface area contributed by atoms with Crippen molar-refractivity contribution >= 4 is 18.2 Å². The third-order valence-corrected chi connectivity index (χ3v) is 4.05. The summed E-state index contributed by atoms with van der Waals surface area (Å²) in [7, 11) is 0. The highest BCUT2D eigenvalue weighted by atomic mass is 16.3. The SMILES string of the molecule is Nc1ncc(-c2ccn(C=Cc3ccccc3)c(=O)c2)c(-c2ccco2)n1. The van der Waals surface area contributed by atoms with Crippen molar-refractivity contribution in [3.63, 3.8) is 0 Å². The number of pyridine rings is 1. The Morgan fingerprint density at radius 1 is 1.07 bits per heavy atom. The van der Waals surface area contributed by atoms with E-state index in [1.807, 2.05) is 42.5 Å². The summed E-state index contributed by atoms with van der Waals surface area (Å²) in [5.41, 5.74) is 8.48. The van der Waals surface area contributed by atoms with Gasteiger partial charge in [-0.2, -0.15) is 0 Å². The van der Waals surface area contributed by atoms with Crippen molar-refractivity contribution in [2.24, 2.45) is 0 Å². The van der Waals surface area contributed by atoms with E-state index in [2.05, 4.69) is 9.97 Å². The van der Waals surface area contributed by atoms with Crippen LogP contribution in [-0.4, -0.2) is 14.5 Å². The first-order valence-electron chi connectivity index (χ1n) is 8.33. The molecule has 0 amide bonds. The van der Waals surface area contributed by atoms with Crippen LogP contribution in [0.3, 0.4) is 0 Å². The number of nitrogen functional groups attached to an aromatic ring is 1. The van der Waals surface area contributed by atoms with Crippen LogP contribution in [0.4, 0.5) is 5.95 Å². The van der Waals surface area contributed by atoms with E-state index in [0.29, 0.717) is 22.6 Å². The average molecular weight is 356 g/mol. The van der Waals surface area contributed by atoms with Gasteiger partial charge in [0.2, 0.25) is 5.95 Å². The van der Waals surface area contributed by atoms with Crippen molar-refractivity contribution in [1.82, 2.24) is 14.5 Å². The van der Waals surface area contributed by atoms with E-state index in [9.17, 15) is 4.79 Å². The second-order valence-electron chi connectivity index (χ2n) is 5.86. The first-order valence-corrected chi connectivity index (χ1v) is 8.33. The van der Waals surface area contributed by atoms with Gasteiger partial charge in [0.25, 0.3) is 5.56 Å². The Kier molecular flexibility index (Phi) is 4.37. The predicted molar refractivity (Wildman–Crippen MR) is 106 cm³/mol. The first kappa shape index (κ1) is 16.5. The van der Waals surface area contributed by atoms with E-state index in [1.165, 1.54) is 10.6 Å². The van der Waals surface area contributed by atoms with Crippen LogP contribution in [0, 0.1) is 0 Å². The number of nitrogens with two attached hydrogens (primary N) is 1. The maximum atomic E-state index is 12.5. The molecule has 0 unspecified atom stereocenters. The highest BCUT2D eigenvalue weighted by molar-refractivity contribution is 5.78. The van der Waals surface area contributed by atoms with Gasteiger partial charge in [-0.05, 0) is 35.4 Å². The second-order valence-corrected chi connectivity index (χ2v) is 5.86. The molecule has 3 aromatic heterocycles. The zero-order chi connectivity index (χ0) is 18.6. The van der Waals surface area contributed by atoms with E-state index < -0.39 is 0 Å². The maximum absolute atomic E-state index is 12.5. The van der Waals surface area contributed by atoms with Gasteiger partial charge < -0.3 is 10.2 Å². The van der Waals surface area contributed by atoms with Crippen molar-refractivity contribution in [3.8, 4) is 22.6 Å². The van der Waals surface area contributed by atoms with Gasteiger partial charge >= 0.3 is 0 Å². The van der Waals surface area contributed by atoms with Crippen molar-refractivity contribution < 1.29 is 4.42 Å². The van der Waals surface area contributed by atoms with Crippen LogP contribution in [0.5, 0.6) is 0 Å². The molecule has 4 aromatic rings. The summed E-state index contributed by atoms with van der Waals surface area (Å²) in [5.74, 6) is 0.705. The number of rotatable bonds is 4. The molecule has 0 spiro atoms. The van der Waals surface area contributed by atoms with Gasteiger partial charge in [0.1, 0.15) is 5.69 Å². The molecule has 0 atom stereocenters. The van der Waals surface area contributed by atoms with Crippen molar-refractivity contribution in [2.45, 2.75) is 0 Å². The van der Waals surface area contributed by atoms with Crippen molar-refractivity contribution in [1.29, 1.82) is 0 Å².